The predicted octanol–water partition coefficient (Wildman–Crippen LogP) is 4.08. The van der Waals surface area contributed by atoms with Gasteiger partial charge in [-0.25, -0.2) is 8.42 Å². The van der Waals surface area contributed by atoms with Gasteiger partial charge in [0, 0.05) is 23.0 Å². The van der Waals surface area contributed by atoms with Crippen LogP contribution in [0.25, 0.3) is 0 Å². The van der Waals surface area contributed by atoms with Crippen LogP contribution in [0.3, 0.4) is 0 Å². The van der Waals surface area contributed by atoms with Crippen LogP contribution in [0.4, 0.5) is 11.4 Å². The van der Waals surface area contributed by atoms with Crippen molar-refractivity contribution in [2.45, 2.75) is 18.2 Å². The summed E-state index contributed by atoms with van der Waals surface area (Å²) in [6.45, 7) is 2.92. The first-order chi connectivity index (χ1) is 15.9. The summed E-state index contributed by atoms with van der Waals surface area (Å²) in [4.78, 5) is 12.7. The molecular formula is C24H24N2O6S. The number of benzene rings is 3. The molecule has 9 heteroatoms. The molecule has 0 bridgehead atoms. The van der Waals surface area contributed by atoms with Gasteiger partial charge in [0.05, 0.1) is 7.11 Å². The fraction of sp³-hybridized carbons (Fsp3) is 0.208. The standard InChI is InChI=1S/C24H24N2O6S/c1-3-16-4-7-18(8-5-16)26-33(28,29)23-14-17(6-10-21(23)30-2)24(27)25-19-9-11-20-22(15-19)32-13-12-31-20/h4-11,14-15,26H,3,12-13H2,1-2H3,(H,25,27). The normalized spacial score (nSPS) is 12.7. The van der Waals surface area contributed by atoms with Crippen molar-refractivity contribution in [1.29, 1.82) is 0 Å². The molecule has 0 radical (unpaired) electrons. The number of nitrogens with one attached hydrogen (secondary N) is 2. The second-order valence-electron chi connectivity index (χ2n) is 7.33. The van der Waals surface area contributed by atoms with Gasteiger partial charge in [-0.05, 0) is 54.4 Å². The fourth-order valence-corrected chi connectivity index (χ4v) is 4.63. The van der Waals surface area contributed by atoms with Gasteiger partial charge in [-0.3, -0.25) is 9.52 Å². The van der Waals surface area contributed by atoms with E-state index in [4.69, 9.17) is 14.2 Å². The fourth-order valence-electron chi connectivity index (χ4n) is 3.37. The zero-order valence-electron chi connectivity index (χ0n) is 18.3. The lowest BCUT2D eigenvalue weighted by atomic mass is 10.2. The Labute approximate surface area is 192 Å². The molecule has 4 rings (SSSR count). The molecule has 0 aromatic heterocycles. The molecule has 0 saturated heterocycles. The van der Waals surface area contributed by atoms with Gasteiger partial charge < -0.3 is 19.5 Å². The number of hydrogen-bond donors (Lipinski definition) is 2. The molecule has 0 atom stereocenters. The van der Waals surface area contributed by atoms with Gasteiger partial charge in [-0.15, -0.1) is 0 Å². The van der Waals surface area contributed by atoms with E-state index in [-0.39, 0.29) is 16.2 Å². The summed E-state index contributed by atoms with van der Waals surface area (Å²) < 4.78 is 45.0. The van der Waals surface area contributed by atoms with Crippen LogP contribution in [0.5, 0.6) is 17.2 Å². The summed E-state index contributed by atoms with van der Waals surface area (Å²) in [5, 5.41) is 2.76. The zero-order chi connectivity index (χ0) is 23.4. The second-order valence-corrected chi connectivity index (χ2v) is 8.99. The van der Waals surface area contributed by atoms with Crippen molar-refractivity contribution >= 4 is 27.3 Å². The maximum absolute atomic E-state index is 13.1. The molecule has 1 amide bonds. The summed E-state index contributed by atoms with van der Waals surface area (Å²) >= 11 is 0. The number of sulfonamides is 1. The number of rotatable bonds is 7. The van der Waals surface area contributed by atoms with Gasteiger partial charge in [0.1, 0.15) is 23.9 Å². The first kappa shape index (κ1) is 22.5. The summed E-state index contributed by atoms with van der Waals surface area (Å²) in [6, 6.07) is 16.4. The van der Waals surface area contributed by atoms with Crippen molar-refractivity contribution in [2.24, 2.45) is 0 Å². The first-order valence-corrected chi connectivity index (χ1v) is 11.9. The van der Waals surface area contributed by atoms with Gasteiger partial charge in [-0.2, -0.15) is 0 Å². The molecule has 0 spiro atoms. The summed E-state index contributed by atoms with van der Waals surface area (Å²) in [6.07, 6.45) is 0.849. The number of fused-ring (bicyclic) bond motifs is 1. The lowest BCUT2D eigenvalue weighted by molar-refractivity contribution is 0.102. The van der Waals surface area contributed by atoms with Gasteiger partial charge in [0.25, 0.3) is 15.9 Å². The van der Waals surface area contributed by atoms with E-state index in [0.29, 0.717) is 36.1 Å². The van der Waals surface area contributed by atoms with Gasteiger partial charge >= 0.3 is 0 Å². The lowest BCUT2D eigenvalue weighted by Crippen LogP contribution is -2.18. The van der Waals surface area contributed by atoms with Crippen LogP contribution in [0, 0.1) is 0 Å². The Kier molecular flexibility index (Phi) is 6.41. The zero-order valence-corrected chi connectivity index (χ0v) is 19.1. The minimum Gasteiger partial charge on any atom is -0.495 e. The molecule has 33 heavy (non-hydrogen) atoms. The maximum Gasteiger partial charge on any atom is 0.265 e. The molecule has 3 aromatic rings. The van der Waals surface area contributed by atoms with Crippen LogP contribution >= 0.6 is 0 Å². The molecule has 0 unspecified atom stereocenters. The highest BCUT2D eigenvalue weighted by atomic mass is 32.2. The second kappa shape index (κ2) is 9.41. The molecule has 0 aliphatic carbocycles. The molecule has 0 fully saturated rings. The van der Waals surface area contributed by atoms with E-state index in [0.717, 1.165) is 12.0 Å². The summed E-state index contributed by atoms with van der Waals surface area (Å²) in [5.41, 5.74) is 2.17. The third kappa shape index (κ3) is 5.04. The van der Waals surface area contributed by atoms with E-state index in [9.17, 15) is 13.2 Å². The lowest BCUT2D eigenvalue weighted by Gasteiger charge is -2.19. The van der Waals surface area contributed by atoms with E-state index in [1.165, 1.54) is 25.3 Å². The minimum absolute atomic E-state index is 0.128. The number of carbonyl (C=O) groups excluding carboxylic acids is 1. The van der Waals surface area contributed by atoms with Crippen molar-refractivity contribution in [3.05, 3.63) is 71.8 Å². The van der Waals surface area contributed by atoms with Crippen molar-refractivity contribution < 1.29 is 27.4 Å². The van der Waals surface area contributed by atoms with Gasteiger partial charge in [0.2, 0.25) is 0 Å². The van der Waals surface area contributed by atoms with E-state index >= 15 is 0 Å². The van der Waals surface area contributed by atoms with E-state index in [2.05, 4.69) is 10.0 Å². The maximum atomic E-state index is 13.1. The Morgan fingerprint density at radius 1 is 0.939 bits per heavy atom. The van der Waals surface area contributed by atoms with Crippen LogP contribution in [0.2, 0.25) is 0 Å². The monoisotopic (exact) mass is 468 g/mol. The Morgan fingerprint density at radius 2 is 1.64 bits per heavy atom. The predicted molar refractivity (Wildman–Crippen MR) is 125 cm³/mol. The van der Waals surface area contributed by atoms with Gasteiger partial charge in [0.15, 0.2) is 11.5 Å². The summed E-state index contributed by atoms with van der Waals surface area (Å²) in [5.74, 6) is 0.798. The minimum atomic E-state index is -4.01. The van der Waals surface area contributed by atoms with Crippen LogP contribution < -0.4 is 24.2 Å². The Balaban J connectivity index is 1.58. The Morgan fingerprint density at radius 3 is 2.33 bits per heavy atom. The number of methoxy groups -OCH3 is 1. The van der Waals surface area contributed by atoms with Gasteiger partial charge in [-0.1, -0.05) is 19.1 Å². The average Bonchev–Trinajstić information content (AvgIpc) is 2.83. The van der Waals surface area contributed by atoms with Crippen molar-refractivity contribution in [3.63, 3.8) is 0 Å². The quantitative estimate of drug-likeness (QED) is 0.542. The Bertz CT molecular complexity index is 1270. The third-order valence-electron chi connectivity index (χ3n) is 5.13. The molecule has 1 aliphatic heterocycles. The van der Waals surface area contributed by atoms with Crippen molar-refractivity contribution in [3.8, 4) is 17.2 Å². The van der Waals surface area contributed by atoms with Crippen LogP contribution in [0.15, 0.2) is 65.6 Å². The van der Waals surface area contributed by atoms with E-state index in [1.54, 1.807) is 30.3 Å². The summed E-state index contributed by atoms with van der Waals surface area (Å²) in [7, 11) is -2.63. The molecule has 1 heterocycles. The highest BCUT2D eigenvalue weighted by molar-refractivity contribution is 7.92. The van der Waals surface area contributed by atoms with Crippen molar-refractivity contribution in [2.75, 3.05) is 30.4 Å². The van der Waals surface area contributed by atoms with E-state index in [1.807, 2.05) is 19.1 Å². The van der Waals surface area contributed by atoms with Crippen molar-refractivity contribution in [1.82, 2.24) is 0 Å². The molecule has 8 nitrogen and oxygen atoms in total. The average molecular weight is 469 g/mol. The number of amides is 1. The largest absolute Gasteiger partial charge is 0.495 e. The van der Waals surface area contributed by atoms with E-state index < -0.39 is 15.9 Å². The number of anilines is 2. The molecule has 0 saturated carbocycles. The molecule has 2 N–H and O–H groups in total. The number of hydrogen-bond acceptors (Lipinski definition) is 6. The Hall–Kier alpha value is -3.72. The number of ether oxygens (including phenoxy) is 3. The van der Waals surface area contributed by atoms with Crippen LogP contribution in [0.1, 0.15) is 22.8 Å². The first-order valence-electron chi connectivity index (χ1n) is 10.4. The smallest absolute Gasteiger partial charge is 0.265 e. The molecule has 172 valence electrons. The number of aryl methyl sites for hydroxylation is 1. The third-order valence-corrected chi connectivity index (χ3v) is 6.53. The molecule has 3 aromatic carbocycles. The SMILES string of the molecule is CCc1ccc(NS(=O)(=O)c2cc(C(=O)Nc3ccc4c(c3)OCCO4)ccc2OC)cc1. The number of carbonyl (C=O) groups is 1. The van der Waals surface area contributed by atoms with Crippen LogP contribution in [-0.2, 0) is 16.4 Å². The molecular weight excluding hydrogens is 444 g/mol. The highest BCUT2D eigenvalue weighted by Crippen LogP contribution is 2.33. The van der Waals surface area contributed by atoms with Crippen LogP contribution in [-0.4, -0.2) is 34.6 Å². The highest BCUT2D eigenvalue weighted by Gasteiger charge is 2.22. The topological polar surface area (TPSA) is 103 Å². The molecule has 1 aliphatic rings.